The van der Waals surface area contributed by atoms with Gasteiger partial charge in [-0.3, -0.25) is 0 Å². The van der Waals surface area contributed by atoms with Gasteiger partial charge in [-0.25, -0.2) is 9.97 Å². The summed E-state index contributed by atoms with van der Waals surface area (Å²) in [5, 5.41) is 0.597. The lowest BCUT2D eigenvalue weighted by molar-refractivity contribution is 0.378. The van der Waals surface area contributed by atoms with Gasteiger partial charge in [-0.2, -0.15) is 0 Å². The fraction of sp³-hybridized carbons (Fsp3) is 0.600. The highest BCUT2D eigenvalue weighted by molar-refractivity contribution is 6.32. The van der Waals surface area contributed by atoms with E-state index in [1.807, 2.05) is 0 Å². The Bertz CT molecular complexity index is 344. The van der Waals surface area contributed by atoms with Crippen molar-refractivity contribution in [1.82, 2.24) is 9.97 Å². The average molecular weight is 227 g/mol. The Hall–Kier alpha value is -0.870. The van der Waals surface area contributed by atoms with Crippen LogP contribution in [0.25, 0.3) is 0 Å². The number of rotatable bonds is 1. The summed E-state index contributed by atoms with van der Waals surface area (Å²) in [5.41, 5.74) is 6.03. The van der Waals surface area contributed by atoms with E-state index in [2.05, 4.69) is 21.8 Å². The van der Waals surface area contributed by atoms with Crippen LogP contribution in [0.15, 0.2) is 12.5 Å². The molecule has 1 saturated heterocycles. The smallest absolute Gasteiger partial charge is 0.150 e. The van der Waals surface area contributed by atoms with Crippen molar-refractivity contribution in [2.75, 3.05) is 18.0 Å². The summed E-state index contributed by atoms with van der Waals surface area (Å²) in [6.45, 7) is 3.97. The Morgan fingerprint density at radius 2 is 2.40 bits per heavy atom. The van der Waals surface area contributed by atoms with Crippen LogP contribution in [0.3, 0.4) is 0 Å². The van der Waals surface area contributed by atoms with E-state index in [1.54, 1.807) is 6.20 Å². The van der Waals surface area contributed by atoms with Gasteiger partial charge in [0.2, 0.25) is 0 Å². The van der Waals surface area contributed by atoms with Gasteiger partial charge in [-0.1, -0.05) is 18.5 Å². The van der Waals surface area contributed by atoms with E-state index < -0.39 is 0 Å². The number of anilines is 1. The molecule has 2 heterocycles. The molecule has 0 aliphatic carbocycles. The summed E-state index contributed by atoms with van der Waals surface area (Å²) in [5.74, 6) is 1.37. The summed E-state index contributed by atoms with van der Waals surface area (Å²) in [6, 6.07) is 0.199. The SMILES string of the molecule is CC1CCN(c2ncncc2Cl)CC1N. The molecule has 1 fully saturated rings. The standard InChI is InChI=1S/C10H15ClN4/c1-7-2-3-15(5-9(7)12)10-8(11)4-13-6-14-10/h4,6-7,9H,2-3,5,12H2,1H3. The molecule has 2 atom stereocenters. The van der Waals surface area contributed by atoms with Crippen LogP contribution in [0, 0.1) is 5.92 Å². The molecule has 0 saturated carbocycles. The molecule has 2 rings (SSSR count). The Labute approximate surface area is 94.5 Å². The van der Waals surface area contributed by atoms with Crippen LogP contribution in [0.1, 0.15) is 13.3 Å². The van der Waals surface area contributed by atoms with E-state index in [0.717, 1.165) is 25.3 Å². The summed E-state index contributed by atoms with van der Waals surface area (Å²) >= 11 is 6.03. The van der Waals surface area contributed by atoms with Gasteiger partial charge in [0.1, 0.15) is 11.3 Å². The average Bonchev–Trinajstić information content (AvgIpc) is 2.23. The zero-order chi connectivity index (χ0) is 10.8. The maximum Gasteiger partial charge on any atom is 0.150 e. The second kappa shape index (κ2) is 4.33. The van der Waals surface area contributed by atoms with Gasteiger partial charge in [0, 0.05) is 19.1 Å². The zero-order valence-electron chi connectivity index (χ0n) is 8.73. The van der Waals surface area contributed by atoms with Crippen LogP contribution in [-0.2, 0) is 0 Å². The Morgan fingerprint density at radius 3 is 3.07 bits per heavy atom. The fourth-order valence-corrected chi connectivity index (χ4v) is 2.06. The monoisotopic (exact) mass is 226 g/mol. The van der Waals surface area contributed by atoms with Crippen molar-refractivity contribution >= 4 is 17.4 Å². The first-order chi connectivity index (χ1) is 7.18. The molecule has 5 heteroatoms. The molecule has 0 spiro atoms. The third kappa shape index (κ3) is 2.21. The van der Waals surface area contributed by atoms with Crippen LogP contribution in [0.2, 0.25) is 5.02 Å². The molecule has 0 aromatic carbocycles. The van der Waals surface area contributed by atoms with E-state index in [0.29, 0.717) is 10.9 Å². The lowest BCUT2D eigenvalue weighted by Gasteiger charge is -2.35. The molecular weight excluding hydrogens is 212 g/mol. The van der Waals surface area contributed by atoms with Gasteiger partial charge in [-0.05, 0) is 12.3 Å². The van der Waals surface area contributed by atoms with Crippen LogP contribution in [-0.4, -0.2) is 29.1 Å². The Kier molecular flexibility index (Phi) is 3.07. The molecule has 1 aliphatic rings. The molecule has 0 amide bonds. The first kappa shape index (κ1) is 10.6. The van der Waals surface area contributed by atoms with Crippen molar-refractivity contribution in [3.63, 3.8) is 0 Å². The molecule has 0 radical (unpaired) electrons. The van der Waals surface area contributed by atoms with Gasteiger partial charge < -0.3 is 10.6 Å². The van der Waals surface area contributed by atoms with E-state index in [1.165, 1.54) is 6.33 Å². The highest BCUT2D eigenvalue weighted by Gasteiger charge is 2.24. The minimum Gasteiger partial charge on any atom is -0.354 e. The van der Waals surface area contributed by atoms with Crippen molar-refractivity contribution < 1.29 is 0 Å². The van der Waals surface area contributed by atoms with E-state index in [4.69, 9.17) is 17.3 Å². The molecule has 2 N–H and O–H groups in total. The molecule has 82 valence electrons. The highest BCUT2D eigenvalue weighted by Crippen LogP contribution is 2.25. The molecule has 4 nitrogen and oxygen atoms in total. The summed E-state index contributed by atoms with van der Waals surface area (Å²) in [7, 11) is 0. The molecule has 1 aromatic heterocycles. The summed E-state index contributed by atoms with van der Waals surface area (Å²) < 4.78 is 0. The number of hydrogen-bond donors (Lipinski definition) is 1. The molecule has 1 aliphatic heterocycles. The van der Waals surface area contributed by atoms with Crippen molar-refractivity contribution in [3.8, 4) is 0 Å². The zero-order valence-corrected chi connectivity index (χ0v) is 9.48. The van der Waals surface area contributed by atoms with Crippen LogP contribution >= 0.6 is 11.6 Å². The normalized spacial score (nSPS) is 26.7. The van der Waals surface area contributed by atoms with Crippen LogP contribution in [0.4, 0.5) is 5.82 Å². The van der Waals surface area contributed by atoms with Crippen LogP contribution < -0.4 is 10.6 Å². The second-order valence-corrected chi connectivity index (χ2v) is 4.48. The van der Waals surface area contributed by atoms with Gasteiger partial charge in [0.25, 0.3) is 0 Å². The number of nitrogens with zero attached hydrogens (tertiary/aromatic N) is 3. The summed E-state index contributed by atoms with van der Waals surface area (Å²) in [6.07, 6.45) is 4.22. The van der Waals surface area contributed by atoms with Crippen molar-refractivity contribution in [3.05, 3.63) is 17.5 Å². The first-order valence-electron chi connectivity index (χ1n) is 5.14. The Balaban J connectivity index is 2.15. The molecule has 2 unspecified atom stereocenters. The maximum absolute atomic E-state index is 6.03. The van der Waals surface area contributed by atoms with Gasteiger partial charge >= 0.3 is 0 Å². The maximum atomic E-state index is 6.03. The number of hydrogen-bond acceptors (Lipinski definition) is 4. The number of aromatic nitrogens is 2. The largest absolute Gasteiger partial charge is 0.354 e. The molecule has 1 aromatic rings. The van der Waals surface area contributed by atoms with E-state index in [9.17, 15) is 0 Å². The van der Waals surface area contributed by atoms with Crippen molar-refractivity contribution in [1.29, 1.82) is 0 Å². The van der Waals surface area contributed by atoms with Crippen LogP contribution in [0.5, 0.6) is 0 Å². The number of piperidine rings is 1. The topological polar surface area (TPSA) is 55.0 Å². The third-order valence-corrected chi connectivity index (χ3v) is 3.23. The molecular formula is C10H15ClN4. The predicted octanol–water partition coefficient (Wildman–Crippen LogP) is 1.30. The minimum absolute atomic E-state index is 0.199. The predicted molar refractivity (Wildman–Crippen MR) is 61.0 cm³/mol. The van der Waals surface area contributed by atoms with Crippen molar-refractivity contribution in [2.45, 2.75) is 19.4 Å². The fourth-order valence-electron chi connectivity index (χ4n) is 1.83. The quantitative estimate of drug-likeness (QED) is 0.785. The lowest BCUT2D eigenvalue weighted by Crippen LogP contribution is -2.48. The van der Waals surface area contributed by atoms with E-state index in [-0.39, 0.29) is 6.04 Å². The lowest BCUT2D eigenvalue weighted by atomic mass is 9.94. The van der Waals surface area contributed by atoms with Gasteiger partial charge in [0.05, 0.1) is 6.20 Å². The van der Waals surface area contributed by atoms with Gasteiger partial charge in [0.15, 0.2) is 5.82 Å². The van der Waals surface area contributed by atoms with E-state index >= 15 is 0 Å². The molecule has 15 heavy (non-hydrogen) atoms. The second-order valence-electron chi connectivity index (χ2n) is 4.07. The minimum atomic E-state index is 0.199. The number of halogens is 1. The Morgan fingerprint density at radius 1 is 1.60 bits per heavy atom. The number of nitrogens with two attached hydrogens (primary N) is 1. The van der Waals surface area contributed by atoms with Gasteiger partial charge in [-0.15, -0.1) is 0 Å². The summed E-state index contributed by atoms with van der Waals surface area (Å²) in [4.78, 5) is 10.2. The highest BCUT2D eigenvalue weighted by atomic mass is 35.5. The van der Waals surface area contributed by atoms with Crippen molar-refractivity contribution in [2.24, 2.45) is 11.7 Å². The molecule has 0 bridgehead atoms. The third-order valence-electron chi connectivity index (χ3n) is 2.96. The first-order valence-corrected chi connectivity index (χ1v) is 5.52.